The molecule has 10 heteroatoms. The smallest absolute Gasteiger partial charge is 0.340 e. The van der Waals surface area contributed by atoms with E-state index in [4.69, 9.17) is 9.47 Å². The van der Waals surface area contributed by atoms with Gasteiger partial charge in [-0.15, -0.1) is 16.8 Å². The summed E-state index contributed by atoms with van der Waals surface area (Å²) >= 11 is 1.23. The first-order valence-corrected chi connectivity index (χ1v) is 11.6. The zero-order valence-corrected chi connectivity index (χ0v) is 20.4. The highest BCUT2D eigenvalue weighted by Gasteiger charge is 2.27. The summed E-state index contributed by atoms with van der Waals surface area (Å²) in [6, 6.07) is 6.11. The lowest BCUT2D eigenvalue weighted by atomic mass is 10.1. The third kappa shape index (κ3) is 5.39. The number of benzene rings is 1. The maximum absolute atomic E-state index is 13.9. The second-order valence-corrected chi connectivity index (χ2v) is 8.79. The molecule has 0 amide bonds. The summed E-state index contributed by atoms with van der Waals surface area (Å²) in [6.45, 7) is 11.4. The minimum absolute atomic E-state index is 0.00247. The molecule has 0 aliphatic rings. The lowest BCUT2D eigenvalue weighted by Gasteiger charge is -2.12. The Labute approximate surface area is 201 Å². The number of nitrogens with zero attached hydrogens (tertiary/aromatic N) is 3. The van der Waals surface area contributed by atoms with Crippen LogP contribution in [0.3, 0.4) is 0 Å². The Bertz CT molecular complexity index is 1200. The zero-order chi connectivity index (χ0) is 24.8. The van der Waals surface area contributed by atoms with Gasteiger partial charge in [-0.1, -0.05) is 30.0 Å². The third-order valence-electron chi connectivity index (χ3n) is 5.11. The lowest BCUT2D eigenvalue weighted by Crippen LogP contribution is -2.17. The molecule has 2 aromatic heterocycles. The van der Waals surface area contributed by atoms with E-state index in [0.29, 0.717) is 40.0 Å². The van der Waals surface area contributed by atoms with Crippen LogP contribution in [0.1, 0.15) is 51.8 Å². The summed E-state index contributed by atoms with van der Waals surface area (Å²) in [4.78, 5) is 28.5. The molecule has 0 aliphatic carbocycles. The number of carbonyl (C=O) groups is 2. The number of esters is 1. The molecule has 1 N–H and O–H groups in total. The van der Waals surface area contributed by atoms with Crippen LogP contribution in [0.25, 0.3) is 0 Å². The Kier molecular flexibility index (Phi) is 8.27. The van der Waals surface area contributed by atoms with Crippen molar-refractivity contribution < 1.29 is 23.5 Å². The second-order valence-electron chi connectivity index (χ2n) is 7.49. The third-order valence-corrected chi connectivity index (χ3v) is 6.19. The van der Waals surface area contributed by atoms with Gasteiger partial charge >= 0.3 is 5.97 Å². The van der Waals surface area contributed by atoms with Crippen LogP contribution in [0, 0.1) is 19.7 Å². The average Bonchev–Trinajstić information content (AvgIpc) is 3.32. The summed E-state index contributed by atoms with van der Waals surface area (Å²) in [5, 5.41) is 8.33. The van der Waals surface area contributed by atoms with E-state index in [0.717, 1.165) is 0 Å². The first kappa shape index (κ1) is 25.2. The van der Waals surface area contributed by atoms with E-state index in [2.05, 4.69) is 21.8 Å². The van der Waals surface area contributed by atoms with Crippen LogP contribution in [-0.2, 0) is 17.9 Å². The van der Waals surface area contributed by atoms with Gasteiger partial charge < -0.3 is 14.5 Å². The molecule has 8 nitrogen and oxygen atoms in total. The normalized spacial score (nSPS) is 11.8. The molecule has 1 unspecified atom stereocenters. The molecule has 3 aromatic rings. The minimum atomic E-state index is -0.528. The fourth-order valence-electron chi connectivity index (χ4n) is 3.45. The van der Waals surface area contributed by atoms with Gasteiger partial charge in [0.25, 0.3) is 0 Å². The van der Waals surface area contributed by atoms with Crippen LogP contribution in [0.15, 0.2) is 42.1 Å². The number of aryl methyl sites for hydroxylation is 1. The molecule has 0 spiro atoms. The summed E-state index contributed by atoms with van der Waals surface area (Å²) in [7, 11) is 0. The number of ether oxygens (including phenoxy) is 2. The van der Waals surface area contributed by atoms with Gasteiger partial charge in [-0.25, -0.2) is 9.18 Å². The molecule has 3 rings (SSSR count). The van der Waals surface area contributed by atoms with Gasteiger partial charge in [-0.3, -0.25) is 9.36 Å². The highest BCUT2D eigenvalue weighted by atomic mass is 32.2. The Balaban J connectivity index is 1.78. The number of Topliss-reactive ketones (excluding diaryl/α,β-unsaturated/α-hetero) is 1. The van der Waals surface area contributed by atoms with E-state index in [9.17, 15) is 14.0 Å². The Morgan fingerprint density at radius 1 is 1.29 bits per heavy atom. The number of nitrogens with one attached hydrogen (secondary N) is 1. The predicted octanol–water partition coefficient (Wildman–Crippen LogP) is 4.67. The zero-order valence-electron chi connectivity index (χ0n) is 19.6. The highest BCUT2D eigenvalue weighted by Crippen LogP contribution is 2.28. The number of hydrogen-bond donors (Lipinski definition) is 1. The van der Waals surface area contributed by atoms with E-state index in [1.807, 2.05) is 0 Å². The van der Waals surface area contributed by atoms with Crippen molar-refractivity contribution in [1.82, 2.24) is 19.7 Å². The van der Waals surface area contributed by atoms with E-state index in [1.165, 1.54) is 23.9 Å². The van der Waals surface area contributed by atoms with Crippen molar-refractivity contribution in [3.05, 3.63) is 71.1 Å². The monoisotopic (exact) mass is 486 g/mol. The van der Waals surface area contributed by atoms with Crippen molar-refractivity contribution in [3.8, 4) is 5.75 Å². The fraction of sp³-hybridized carbons (Fsp3) is 0.333. The SMILES string of the molecule is C=CCn1c(COc2ccccc2F)nnc1SC(C)C(=O)c1[nH]c(C)c(C(=O)OCC)c1C. The number of H-pyrrole nitrogens is 1. The van der Waals surface area contributed by atoms with Gasteiger partial charge in [0, 0.05) is 12.2 Å². The number of para-hydroxylation sites is 1. The molecule has 0 fully saturated rings. The highest BCUT2D eigenvalue weighted by molar-refractivity contribution is 8.00. The molecular weight excluding hydrogens is 459 g/mol. The number of allylic oxidation sites excluding steroid dienone is 1. The van der Waals surface area contributed by atoms with E-state index >= 15 is 0 Å². The standard InChI is InChI=1S/C24H27FN4O4S/c1-6-12-29-19(13-33-18-11-9-8-10-17(18)25)27-28-24(29)34-16(5)22(30)21-14(3)20(15(4)26-21)23(31)32-7-2/h6,8-11,16,26H,1,7,12-13H2,2-5H3. The second kappa shape index (κ2) is 11.1. The molecule has 0 aliphatic heterocycles. The number of halogens is 1. The molecule has 34 heavy (non-hydrogen) atoms. The first-order chi connectivity index (χ1) is 16.3. The largest absolute Gasteiger partial charge is 0.483 e. The van der Waals surface area contributed by atoms with Gasteiger partial charge in [0.1, 0.15) is 6.61 Å². The van der Waals surface area contributed by atoms with Crippen molar-refractivity contribution in [2.45, 2.75) is 51.3 Å². The van der Waals surface area contributed by atoms with Crippen LogP contribution in [0.2, 0.25) is 0 Å². The number of carbonyl (C=O) groups excluding carboxylic acids is 2. The number of thioether (sulfide) groups is 1. The summed E-state index contributed by atoms with van der Waals surface area (Å²) in [6.07, 6.45) is 1.68. The quantitative estimate of drug-likeness (QED) is 0.182. The van der Waals surface area contributed by atoms with E-state index < -0.39 is 17.0 Å². The van der Waals surface area contributed by atoms with Gasteiger partial charge in [0.2, 0.25) is 0 Å². The van der Waals surface area contributed by atoms with Gasteiger partial charge in [0.15, 0.2) is 28.3 Å². The number of aromatic nitrogens is 4. The van der Waals surface area contributed by atoms with Gasteiger partial charge in [0.05, 0.1) is 23.1 Å². The predicted molar refractivity (Wildman–Crippen MR) is 127 cm³/mol. The van der Waals surface area contributed by atoms with Crippen LogP contribution in [0.4, 0.5) is 4.39 Å². The van der Waals surface area contributed by atoms with E-state index in [-0.39, 0.29) is 24.7 Å². The Morgan fingerprint density at radius 2 is 2.03 bits per heavy atom. The minimum Gasteiger partial charge on any atom is -0.483 e. The van der Waals surface area contributed by atoms with Crippen molar-refractivity contribution >= 4 is 23.5 Å². The molecule has 0 saturated heterocycles. The van der Waals surface area contributed by atoms with Crippen LogP contribution >= 0.6 is 11.8 Å². The molecule has 0 bridgehead atoms. The topological polar surface area (TPSA) is 99.1 Å². The summed E-state index contributed by atoms with van der Waals surface area (Å²) in [5.74, 6) is -0.521. The fourth-order valence-corrected chi connectivity index (χ4v) is 4.39. The van der Waals surface area contributed by atoms with E-state index in [1.54, 1.807) is 50.5 Å². The Hall–Kier alpha value is -3.40. The summed E-state index contributed by atoms with van der Waals surface area (Å²) < 4.78 is 26.3. The first-order valence-electron chi connectivity index (χ1n) is 10.8. The lowest BCUT2D eigenvalue weighted by molar-refractivity contribution is 0.0525. The molecular formula is C24H27FN4O4S. The molecule has 2 heterocycles. The molecule has 1 atom stereocenters. The number of ketones is 1. The molecule has 0 saturated carbocycles. The van der Waals surface area contributed by atoms with Gasteiger partial charge in [-0.2, -0.15) is 0 Å². The van der Waals surface area contributed by atoms with Crippen molar-refractivity contribution in [2.24, 2.45) is 0 Å². The maximum Gasteiger partial charge on any atom is 0.340 e. The molecule has 180 valence electrons. The van der Waals surface area contributed by atoms with Gasteiger partial charge in [-0.05, 0) is 45.4 Å². The summed E-state index contributed by atoms with van der Waals surface area (Å²) in [5.41, 5.74) is 1.88. The van der Waals surface area contributed by atoms with Crippen LogP contribution < -0.4 is 4.74 Å². The van der Waals surface area contributed by atoms with Crippen molar-refractivity contribution in [1.29, 1.82) is 0 Å². The number of rotatable bonds is 11. The Morgan fingerprint density at radius 3 is 2.71 bits per heavy atom. The van der Waals surface area contributed by atoms with Crippen molar-refractivity contribution in [3.63, 3.8) is 0 Å². The molecule has 0 radical (unpaired) electrons. The van der Waals surface area contributed by atoms with Crippen LogP contribution in [0.5, 0.6) is 5.75 Å². The van der Waals surface area contributed by atoms with Crippen LogP contribution in [-0.4, -0.2) is 43.4 Å². The molecule has 1 aromatic carbocycles. The average molecular weight is 487 g/mol. The number of hydrogen-bond acceptors (Lipinski definition) is 7. The van der Waals surface area contributed by atoms with Crippen molar-refractivity contribution in [2.75, 3.05) is 6.61 Å². The number of aromatic amines is 1. The maximum atomic E-state index is 13.9.